The molecule has 3 rings (SSSR count). The van der Waals surface area contributed by atoms with E-state index in [0.29, 0.717) is 27.7 Å². The molecule has 25 heavy (non-hydrogen) atoms. The number of nitrogens with zero attached hydrogens (tertiary/aromatic N) is 3. The third kappa shape index (κ3) is 4.39. The average Bonchev–Trinajstić information content (AvgIpc) is 2.60. The maximum Gasteiger partial charge on any atom is 0.181 e. The molecule has 0 N–H and O–H groups in total. The molecule has 0 radical (unpaired) electrons. The van der Waals surface area contributed by atoms with E-state index in [9.17, 15) is 9.60 Å². The van der Waals surface area contributed by atoms with E-state index in [2.05, 4.69) is 9.98 Å². The van der Waals surface area contributed by atoms with Crippen molar-refractivity contribution in [1.29, 1.82) is 0 Å². The fraction of sp³-hybridized carbons (Fsp3) is 0.105. The number of halogens is 2. The van der Waals surface area contributed by atoms with Crippen LogP contribution >= 0.6 is 11.6 Å². The van der Waals surface area contributed by atoms with Gasteiger partial charge in [0.15, 0.2) is 17.5 Å². The minimum absolute atomic E-state index is 0.291. The van der Waals surface area contributed by atoms with E-state index in [1.807, 2.05) is 13.0 Å². The first-order chi connectivity index (χ1) is 12.0. The predicted octanol–water partition coefficient (Wildman–Crippen LogP) is 4.18. The van der Waals surface area contributed by atoms with Crippen molar-refractivity contribution < 1.29 is 9.12 Å². The summed E-state index contributed by atoms with van der Waals surface area (Å²) in [6, 6.07) is 11.4. The van der Waals surface area contributed by atoms with Crippen LogP contribution in [0.25, 0.3) is 0 Å². The van der Waals surface area contributed by atoms with E-state index in [1.54, 1.807) is 30.5 Å². The number of pyridine rings is 2. The van der Waals surface area contributed by atoms with Gasteiger partial charge in [-0.25, -0.2) is 14.4 Å². The normalized spacial score (nSPS) is 11.6. The Morgan fingerprint density at radius 1 is 1.20 bits per heavy atom. The number of rotatable bonds is 4. The number of aromatic nitrogens is 2. The number of aryl methyl sites for hydroxylation is 1. The van der Waals surface area contributed by atoms with Crippen molar-refractivity contribution in [3.63, 3.8) is 0 Å². The van der Waals surface area contributed by atoms with Crippen LogP contribution in [-0.2, 0) is 6.42 Å². The zero-order chi connectivity index (χ0) is 17.8. The van der Waals surface area contributed by atoms with Gasteiger partial charge in [0, 0.05) is 30.3 Å². The molecule has 0 aliphatic rings. The fourth-order valence-corrected chi connectivity index (χ4v) is 2.51. The Kier molecular flexibility index (Phi) is 5.05. The second kappa shape index (κ2) is 7.40. The molecule has 126 valence electrons. The number of benzene rings is 1. The second-order valence-electron chi connectivity index (χ2n) is 5.63. The van der Waals surface area contributed by atoms with Crippen LogP contribution in [0.1, 0.15) is 16.7 Å². The molecule has 0 fully saturated rings. The summed E-state index contributed by atoms with van der Waals surface area (Å²) in [6.07, 6.45) is 4.95. The first kappa shape index (κ1) is 17.0. The summed E-state index contributed by atoms with van der Waals surface area (Å²) in [4.78, 5) is 8.77. The van der Waals surface area contributed by atoms with E-state index in [1.165, 1.54) is 24.5 Å². The van der Waals surface area contributed by atoms with E-state index in [4.69, 9.17) is 11.6 Å². The van der Waals surface area contributed by atoms with Gasteiger partial charge in [0.2, 0.25) is 0 Å². The van der Waals surface area contributed by atoms with Crippen LogP contribution in [-0.4, -0.2) is 10.7 Å². The number of hydrogen-bond acceptors (Lipinski definition) is 3. The molecule has 0 aliphatic heterocycles. The van der Waals surface area contributed by atoms with Gasteiger partial charge < -0.3 is 5.21 Å². The maximum absolute atomic E-state index is 13.1. The Hall–Kier alpha value is -2.79. The Balaban J connectivity index is 2.04. The van der Waals surface area contributed by atoms with Crippen LogP contribution in [0.15, 0.2) is 66.0 Å². The lowest BCUT2D eigenvalue weighted by Gasteiger charge is -2.09. The van der Waals surface area contributed by atoms with Crippen LogP contribution in [0.3, 0.4) is 0 Å². The highest BCUT2D eigenvalue weighted by atomic mass is 35.5. The third-order valence-electron chi connectivity index (χ3n) is 3.63. The van der Waals surface area contributed by atoms with Gasteiger partial charge in [0.25, 0.3) is 0 Å². The van der Waals surface area contributed by atoms with Crippen molar-refractivity contribution in [3.05, 3.63) is 93.9 Å². The predicted molar refractivity (Wildman–Crippen MR) is 95.7 cm³/mol. The lowest BCUT2D eigenvalue weighted by Crippen LogP contribution is -2.24. The molecule has 0 atom stereocenters. The molecular formula is C19H15ClFN3O. The van der Waals surface area contributed by atoms with Gasteiger partial charge >= 0.3 is 0 Å². The quantitative estimate of drug-likeness (QED) is 0.305. The van der Waals surface area contributed by atoms with Crippen molar-refractivity contribution in [2.45, 2.75) is 13.3 Å². The summed E-state index contributed by atoms with van der Waals surface area (Å²) in [5.74, 6) is -0.291. The molecule has 0 amide bonds. The van der Waals surface area contributed by atoms with Crippen molar-refractivity contribution in [1.82, 2.24) is 4.98 Å². The van der Waals surface area contributed by atoms with E-state index in [-0.39, 0.29) is 5.82 Å². The molecule has 1 aromatic carbocycles. The molecule has 6 heteroatoms. The van der Waals surface area contributed by atoms with E-state index < -0.39 is 0 Å². The van der Waals surface area contributed by atoms with E-state index >= 15 is 0 Å². The first-order valence-electron chi connectivity index (χ1n) is 7.64. The smallest absolute Gasteiger partial charge is 0.181 e. The molecule has 0 bridgehead atoms. The monoisotopic (exact) mass is 355 g/mol. The average molecular weight is 356 g/mol. The van der Waals surface area contributed by atoms with Gasteiger partial charge in [-0.2, -0.15) is 4.73 Å². The molecule has 0 aliphatic carbocycles. The van der Waals surface area contributed by atoms with E-state index in [0.717, 1.165) is 16.7 Å². The van der Waals surface area contributed by atoms with Crippen LogP contribution in [0.4, 0.5) is 10.1 Å². The molecule has 2 aromatic heterocycles. The molecule has 0 spiro atoms. The standard InChI is InChI=1S/C19H15ClFN3O/c1-13-10-18(19(20)22-12-13)23-17(15-6-8-24(25)9-7-15)11-14-2-4-16(21)5-3-14/h2-10,12H,11H2,1H3. The molecule has 0 unspecified atom stereocenters. The minimum atomic E-state index is -0.291. The molecule has 3 aromatic rings. The SMILES string of the molecule is Cc1cnc(Cl)c(N=C(Cc2ccc(F)cc2)c2cc[n+]([O-])cc2)c1. The van der Waals surface area contributed by atoms with Crippen LogP contribution < -0.4 is 4.73 Å². The Bertz CT molecular complexity index is 909. The zero-order valence-electron chi connectivity index (χ0n) is 13.5. The van der Waals surface area contributed by atoms with Gasteiger partial charge in [-0.3, -0.25) is 0 Å². The Morgan fingerprint density at radius 3 is 2.56 bits per heavy atom. The highest BCUT2D eigenvalue weighted by Gasteiger charge is 2.10. The molecule has 0 saturated carbocycles. The highest BCUT2D eigenvalue weighted by Crippen LogP contribution is 2.25. The molecular weight excluding hydrogens is 341 g/mol. The summed E-state index contributed by atoms with van der Waals surface area (Å²) in [7, 11) is 0. The largest absolute Gasteiger partial charge is 0.619 e. The first-order valence-corrected chi connectivity index (χ1v) is 8.02. The van der Waals surface area contributed by atoms with Crippen molar-refractivity contribution in [2.75, 3.05) is 0 Å². The Labute approximate surface area is 149 Å². The summed E-state index contributed by atoms with van der Waals surface area (Å²) in [5, 5.41) is 11.6. The zero-order valence-corrected chi connectivity index (χ0v) is 14.2. The summed E-state index contributed by atoms with van der Waals surface area (Å²) < 4.78 is 13.9. The fourth-order valence-electron chi connectivity index (χ4n) is 2.37. The third-order valence-corrected chi connectivity index (χ3v) is 3.92. The van der Waals surface area contributed by atoms with Crippen LogP contribution in [0.5, 0.6) is 0 Å². The van der Waals surface area contributed by atoms with Crippen molar-refractivity contribution >= 4 is 23.0 Å². The Morgan fingerprint density at radius 2 is 1.88 bits per heavy atom. The van der Waals surface area contributed by atoms with Gasteiger partial charge in [-0.1, -0.05) is 23.7 Å². The van der Waals surface area contributed by atoms with Gasteiger partial charge in [-0.15, -0.1) is 0 Å². The van der Waals surface area contributed by atoms with Gasteiger partial charge in [0.05, 0.1) is 5.71 Å². The van der Waals surface area contributed by atoms with Crippen molar-refractivity contribution in [2.24, 2.45) is 4.99 Å². The van der Waals surface area contributed by atoms with Gasteiger partial charge in [0.1, 0.15) is 11.5 Å². The van der Waals surface area contributed by atoms with Gasteiger partial charge in [-0.05, 0) is 36.2 Å². The van der Waals surface area contributed by atoms with Crippen molar-refractivity contribution in [3.8, 4) is 0 Å². The summed E-state index contributed by atoms with van der Waals surface area (Å²) >= 11 is 6.15. The maximum atomic E-state index is 13.1. The lowest BCUT2D eigenvalue weighted by atomic mass is 10.0. The summed E-state index contributed by atoms with van der Waals surface area (Å²) in [5.41, 5.74) is 3.89. The lowest BCUT2D eigenvalue weighted by molar-refractivity contribution is -0.605. The van der Waals surface area contributed by atoms with Crippen LogP contribution in [0, 0.1) is 17.9 Å². The molecule has 4 nitrogen and oxygen atoms in total. The number of aliphatic imine (C=N–C) groups is 1. The molecule has 0 saturated heterocycles. The second-order valence-corrected chi connectivity index (χ2v) is 5.99. The number of hydrogen-bond donors (Lipinski definition) is 0. The minimum Gasteiger partial charge on any atom is -0.619 e. The van der Waals surface area contributed by atoms with Crippen LogP contribution in [0.2, 0.25) is 5.15 Å². The summed E-state index contributed by atoms with van der Waals surface area (Å²) in [6.45, 7) is 1.91. The molecule has 2 heterocycles. The topological polar surface area (TPSA) is 52.2 Å². The highest BCUT2D eigenvalue weighted by molar-refractivity contribution is 6.32.